The van der Waals surface area contributed by atoms with Crippen molar-refractivity contribution < 1.29 is 0 Å². The molecule has 0 saturated heterocycles. The van der Waals surface area contributed by atoms with Crippen LogP contribution >= 0.6 is 0 Å². The van der Waals surface area contributed by atoms with Crippen molar-refractivity contribution in [3.05, 3.63) is 224 Å². The molecule has 0 radical (unpaired) electrons. The maximum absolute atomic E-state index is 2.47. The van der Waals surface area contributed by atoms with E-state index in [0.29, 0.717) is 0 Å². The van der Waals surface area contributed by atoms with Crippen LogP contribution in [0.25, 0.3) is 87.2 Å². The summed E-state index contributed by atoms with van der Waals surface area (Å²) in [5.41, 5.74) is 10.4. The second kappa shape index (κ2) is 13.7. The monoisotopic (exact) mass is 723 g/mol. The highest BCUT2D eigenvalue weighted by Gasteiger charge is 2.22. The van der Waals surface area contributed by atoms with Crippen LogP contribution in [0.5, 0.6) is 0 Å². The fraction of sp³-hybridized carbons (Fsp3) is 0. The molecule has 0 aliphatic heterocycles. The molecule has 0 saturated carbocycles. The SMILES string of the molecule is c1ccc(-c2ccccc2N(c2cccc(-c3ccc4ccccc4c3)c2)c2ccccc2-c2cc3ccc4ccc5ccccc5c4c3c3ccccc23)cc1. The van der Waals surface area contributed by atoms with E-state index in [1.54, 1.807) is 0 Å². The highest BCUT2D eigenvalue weighted by Crippen LogP contribution is 2.48. The molecule has 0 heterocycles. The summed E-state index contributed by atoms with van der Waals surface area (Å²) in [5, 5.41) is 12.6. The molecule has 11 aromatic rings. The number of benzene rings is 11. The number of anilines is 3. The Balaban J connectivity index is 1.18. The first-order chi connectivity index (χ1) is 28.3. The minimum Gasteiger partial charge on any atom is -0.309 e. The summed E-state index contributed by atoms with van der Waals surface area (Å²) in [7, 11) is 0. The van der Waals surface area contributed by atoms with Gasteiger partial charge in [0.1, 0.15) is 0 Å². The van der Waals surface area contributed by atoms with Gasteiger partial charge in [-0.05, 0) is 113 Å². The fourth-order valence-electron chi connectivity index (χ4n) is 8.94. The Morgan fingerprint density at radius 1 is 0.246 bits per heavy atom. The Labute approximate surface area is 332 Å². The lowest BCUT2D eigenvalue weighted by Crippen LogP contribution is -2.12. The summed E-state index contributed by atoms with van der Waals surface area (Å²) in [5.74, 6) is 0. The molecule has 0 aliphatic rings. The van der Waals surface area contributed by atoms with Crippen molar-refractivity contribution in [2.75, 3.05) is 4.90 Å². The van der Waals surface area contributed by atoms with Gasteiger partial charge in [-0.15, -0.1) is 0 Å². The molecule has 0 N–H and O–H groups in total. The smallest absolute Gasteiger partial charge is 0.0540 e. The molecule has 0 aromatic heterocycles. The number of para-hydroxylation sites is 2. The third kappa shape index (κ3) is 5.63. The molecule has 266 valence electrons. The van der Waals surface area contributed by atoms with E-state index in [1.165, 1.54) is 87.2 Å². The molecule has 0 unspecified atom stereocenters. The van der Waals surface area contributed by atoms with Crippen LogP contribution in [0, 0.1) is 0 Å². The standard InChI is InChI=1S/C56H37N/c1-2-16-39(17-3-1)47-22-10-12-27-53(47)57(46-21-14-20-43(36-46)44-33-29-38-15-4-5-19-42(38)35-44)54-28-13-11-25-50(54)52-37-45-34-32-41-31-30-40-18-6-7-23-48(40)55(41)56(45)51-26-9-8-24-49(51)52/h1-37H. The average molecular weight is 724 g/mol. The van der Waals surface area contributed by atoms with Gasteiger partial charge in [-0.3, -0.25) is 0 Å². The molecule has 0 spiro atoms. The quantitative estimate of drug-likeness (QED) is 0.154. The largest absolute Gasteiger partial charge is 0.309 e. The Morgan fingerprint density at radius 3 is 1.61 bits per heavy atom. The normalized spacial score (nSPS) is 11.5. The lowest BCUT2D eigenvalue weighted by molar-refractivity contribution is 1.28. The van der Waals surface area contributed by atoms with Crippen molar-refractivity contribution >= 4 is 70.9 Å². The van der Waals surface area contributed by atoms with E-state index in [2.05, 4.69) is 229 Å². The number of nitrogens with zero attached hydrogens (tertiary/aromatic N) is 1. The van der Waals surface area contributed by atoms with Gasteiger partial charge in [0.05, 0.1) is 11.4 Å². The number of fused-ring (bicyclic) bond motifs is 8. The zero-order chi connectivity index (χ0) is 37.7. The first kappa shape index (κ1) is 32.9. The lowest BCUT2D eigenvalue weighted by Gasteiger charge is -2.30. The Kier molecular flexibility index (Phi) is 7.89. The van der Waals surface area contributed by atoms with Gasteiger partial charge in [-0.25, -0.2) is 0 Å². The van der Waals surface area contributed by atoms with Gasteiger partial charge >= 0.3 is 0 Å². The van der Waals surface area contributed by atoms with Crippen LogP contribution in [0.3, 0.4) is 0 Å². The Morgan fingerprint density at radius 2 is 0.789 bits per heavy atom. The molecular formula is C56H37N. The first-order valence-electron chi connectivity index (χ1n) is 19.7. The van der Waals surface area contributed by atoms with Crippen molar-refractivity contribution in [1.29, 1.82) is 0 Å². The second-order valence-corrected chi connectivity index (χ2v) is 14.9. The van der Waals surface area contributed by atoms with Crippen molar-refractivity contribution in [2.24, 2.45) is 0 Å². The van der Waals surface area contributed by atoms with Gasteiger partial charge < -0.3 is 4.90 Å². The van der Waals surface area contributed by atoms with Crippen LogP contribution in [0.2, 0.25) is 0 Å². The molecule has 0 aliphatic carbocycles. The van der Waals surface area contributed by atoms with Crippen molar-refractivity contribution in [3.8, 4) is 33.4 Å². The number of rotatable bonds is 6. The number of hydrogen-bond donors (Lipinski definition) is 0. The van der Waals surface area contributed by atoms with Gasteiger partial charge in [0.15, 0.2) is 0 Å². The molecule has 11 aromatic carbocycles. The van der Waals surface area contributed by atoms with Gasteiger partial charge in [0.25, 0.3) is 0 Å². The summed E-state index contributed by atoms with van der Waals surface area (Å²) in [4.78, 5) is 2.47. The molecule has 0 fully saturated rings. The summed E-state index contributed by atoms with van der Waals surface area (Å²) in [6.07, 6.45) is 0. The zero-order valence-electron chi connectivity index (χ0n) is 31.3. The molecule has 0 bridgehead atoms. The topological polar surface area (TPSA) is 3.24 Å². The van der Waals surface area contributed by atoms with Crippen molar-refractivity contribution in [3.63, 3.8) is 0 Å². The van der Waals surface area contributed by atoms with Gasteiger partial charge in [-0.1, -0.05) is 188 Å². The van der Waals surface area contributed by atoms with E-state index in [-0.39, 0.29) is 0 Å². The van der Waals surface area contributed by atoms with E-state index < -0.39 is 0 Å². The lowest BCUT2D eigenvalue weighted by atomic mass is 9.88. The van der Waals surface area contributed by atoms with Gasteiger partial charge in [0.2, 0.25) is 0 Å². The average Bonchev–Trinajstić information content (AvgIpc) is 3.29. The minimum atomic E-state index is 1.10. The molecule has 57 heavy (non-hydrogen) atoms. The third-order valence-corrected chi connectivity index (χ3v) is 11.6. The molecule has 0 atom stereocenters. The van der Waals surface area contributed by atoms with E-state index in [9.17, 15) is 0 Å². The summed E-state index contributed by atoms with van der Waals surface area (Å²) >= 11 is 0. The van der Waals surface area contributed by atoms with Crippen molar-refractivity contribution in [1.82, 2.24) is 0 Å². The van der Waals surface area contributed by atoms with E-state index in [4.69, 9.17) is 0 Å². The summed E-state index contributed by atoms with van der Waals surface area (Å²) < 4.78 is 0. The summed E-state index contributed by atoms with van der Waals surface area (Å²) in [6, 6.07) is 82.1. The maximum Gasteiger partial charge on any atom is 0.0540 e. The molecule has 1 nitrogen and oxygen atoms in total. The van der Waals surface area contributed by atoms with Crippen LogP contribution < -0.4 is 4.90 Å². The summed E-state index contributed by atoms with van der Waals surface area (Å²) in [6.45, 7) is 0. The highest BCUT2D eigenvalue weighted by atomic mass is 15.1. The first-order valence-corrected chi connectivity index (χ1v) is 19.7. The molecule has 0 amide bonds. The minimum absolute atomic E-state index is 1.10. The van der Waals surface area contributed by atoms with Crippen LogP contribution in [0.15, 0.2) is 224 Å². The van der Waals surface area contributed by atoms with Crippen LogP contribution in [0.4, 0.5) is 17.1 Å². The van der Waals surface area contributed by atoms with Gasteiger partial charge in [0, 0.05) is 16.8 Å². The van der Waals surface area contributed by atoms with E-state index in [1.807, 2.05) is 0 Å². The Bertz CT molecular complexity index is 3300. The second-order valence-electron chi connectivity index (χ2n) is 14.9. The predicted molar refractivity (Wildman–Crippen MR) is 245 cm³/mol. The van der Waals surface area contributed by atoms with Crippen LogP contribution in [0.1, 0.15) is 0 Å². The predicted octanol–water partition coefficient (Wildman–Crippen LogP) is 15.9. The molecule has 1 heteroatoms. The van der Waals surface area contributed by atoms with E-state index in [0.717, 1.165) is 17.1 Å². The fourth-order valence-corrected chi connectivity index (χ4v) is 8.94. The Hall–Kier alpha value is -7.48. The zero-order valence-corrected chi connectivity index (χ0v) is 31.3. The van der Waals surface area contributed by atoms with Crippen LogP contribution in [-0.2, 0) is 0 Å². The van der Waals surface area contributed by atoms with Gasteiger partial charge in [-0.2, -0.15) is 0 Å². The van der Waals surface area contributed by atoms with E-state index >= 15 is 0 Å². The molecular weight excluding hydrogens is 687 g/mol. The maximum atomic E-state index is 2.47. The van der Waals surface area contributed by atoms with Crippen molar-refractivity contribution in [2.45, 2.75) is 0 Å². The third-order valence-electron chi connectivity index (χ3n) is 11.6. The van der Waals surface area contributed by atoms with Crippen LogP contribution in [-0.4, -0.2) is 0 Å². The molecule has 11 rings (SSSR count). The highest BCUT2D eigenvalue weighted by molar-refractivity contribution is 6.29. The number of hydrogen-bond acceptors (Lipinski definition) is 1.